The van der Waals surface area contributed by atoms with Gasteiger partial charge in [-0.3, -0.25) is 4.79 Å². The first kappa shape index (κ1) is 18.5. The van der Waals surface area contributed by atoms with Gasteiger partial charge in [0.1, 0.15) is 23.9 Å². The van der Waals surface area contributed by atoms with Crippen molar-refractivity contribution in [1.29, 1.82) is 0 Å². The van der Waals surface area contributed by atoms with Crippen LogP contribution in [0.1, 0.15) is 44.8 Å². The normalized spacial score (nSPS) is 24.5. The summed E-state index contributed by atoms with van der Waals surface area (Å²) in [6.45, 7) is 0. The van der Waals surface area contributed by atoms with Gasteiger partial charge < -0.3 is 5.32 Å². The molecule has 0 saturated carbocycles. The van der Waals surface area contributed by atoms with Crippen molar-refractivity contribution in [1.82, 2.24) is 0 Å². The molecule has 2 N–H and O–H groups in total. The maximum Gasteiger partial charge on any atom is 0.160 e. The van der Waals surface area contributed by atoms with Crippen LogP contribution in [0.25, 0.3) is 0 Å². The largest absolute Gasteiger partial charge is 0.331 e. The van der Waals surface area contributed by atoms with Gasteiger partial charge in [0.15, 0.2) is 5.78 Å². The maximum atomic E-state index is 14.1. The highest BCUT2D eigenvalue weighted by molar-refractivity contribution is 7.10. The Labute approximate surface area is 178 Å². The summed E-state index contributed by atoms with van der Waals surface area (Å²) >= 11 is 3.49. The second kappa shape index (κ2) is 8.07. The van der Waals surface area contributed by atoms with Crippen LogP contribution in [0.4, 0.5) is 0 Å². The van der Waals surface area contributed by atoms with E-state index in [-0.39, 0.29) is 23.9 Å². The second-order valence-corrected chi connectivity index (χ2v) is 9.41. The van der Waals surface area contributed by atoms with Crippen LogP contribution in [0.2, 0.25) is 0 Å². The molecule has 1 aliphatic heterocycles. The van der Waals surface area contributed by atoms with E-state index in [0.29, 0.717) is 5.78 Å². The number of thiophene rings is 2. The summed E-state index contributed by atoms with van der Waals surface area (Å²) in [5.41, 5.74) is 2.22. The maximum absolute atomic E-state index is 14.1. The quantitative estimate of drug-likeness (QED) is 0.481. The molecular weight excluding hydrogens is 394 g/mol. The summed E-state index contributed by atoms with van der Waals surface area (Å²) < 4.78 is 0. The molecule has 29 heavy (non-hydrogen) atoms. The molecule has 1 saturated heterocycles. The van der Waals surface area contributed by atoms with Crippen molar-refractivity contribution in [2.24, 2.45) is 0 Å². The highest BCUT2D eigenvalue weighted by atomic mass is 32.1. The van der Waals surface area contributed by atoms with Gasteiger partial charge in [0.05, 0.1) is 9.75 Å². The predicted molar refractivity (Wildman–Crippen MR) is 119 cm³/mol. The molecule has 0 unspecified atom stereocenters. The summed E-state index contributed by atoms with van der Waals surface area (Å²) in [4.78, 5) is 16.7. The number of Topliss-reactive ketones (excluding diaryl/α,β-unsaturated/α-hetero) is 1. The fourth-order valence-corrected chi connectivity index (χ4v) is 6.22. The number of ketones is 1. The lowest BCUT2D eigenvalue weighted by atomic mass is 9.72. The molecule has 1 fully saturated rings. The molecule has 4 aromatic rings. The second-order valence-electron chi connectivity index (χ2n) is 7.45. The summed E-state index contributed by atoms with van der Waals surface area (Å²) in [5, 5.41) is 6.66. The van der Waals surface area contributed by atoms with Crippen LogP contribution in [-0.2, 0) is 4.79 Å². The average Bonchev–Trinajstić information content (AvgIpc) is 3.49. The van der Waals surface area contributed by atoms with Crippen LogP contribution in [0.3, 0.4) is 0 Å². The average molecular weight is 417 g/mol. The fourth-order valence-electron chi connectivity index (χ4n) is 4.54. The van der Waals surface area contributed by atoms with Crippen molar-refractivity contribution in [3.63, 3.8) is 0 Å². The summed E-state index contributed by atoms with van der Waals surface area (Å²) in [5.74, 6) is 0.00855. The zero-order valence-corrected chi connectivity index (χ0v) is 17.5. The van der Waals surface area contributed by atoms with Crippen molar-refractivity contribution in [2.75, 3.05) is 0 Å². The minimum absolute atomic E-state index is 0.0944. The number of quaternary nitrogens is 1. The van der Waals surface area contributed by atoms with E-state index in [1.165, 1.54) is 9.75 Å². The van der Waals surface area contributed by atoms with E-state index in [4.69, 9.17) is 0 Å². The number of benzene rings is 2. The summed E-state index contributed by atoms with van der Waals surface area (Å²) in [6.07, 6.45) is 0. The van der Waals surface area contributed by atoms with Crippen molar-refractivity contribution in [3.8, 4) is 0 Å². The van der Waals surface area contributed by atoms with Crippen LogP contribution in [0, 0.1) is 0 Å². The summed E-state index contributed by atoms with van der Waals surface area (Å²) in [6, 6.07) is 29.3. The lowest BCUT2D eigenvalue weighted by molar-refractivity contribution is -0.740. The van der Waals surface area contributed by atoms with Gasteiger partial charge in [-0.25, -0.2) is 0 Å². The Bertz CT molecular complexity index is 973. The van der Waals surface area contributed by atoms with E-state index >= 15 is 0 Å². The number of carbonyl (C=O) groups is 1. The van der Waals surface area contributed by atoms with E-state index in [1.807, 2.05) is 36.4 Å². The SMILES string of the molecule is O=C1[C@H](c2ccccc2)[C@@H](c2cccs2)[NH2+][C@H](c2cccs2)[C@@H]1c1ccccc1. The molecule has 2 nitrogen and oxygen atoms in total. The number of nitrogens with two attached hydrogens (primary N) is 1. The molecule has 0 spiro atoms. The summed E-state index contributed by atoms with van der Waals surface area (Å²) in [7, 11) is 0. The van der Waals surface area contributed by atoms with Crippen molar-refractivity contribution < 1.29 is 10.1 Å². The highest BCUT2D eigenvalue weighted by Crippen LogP contribution is 2.44. The van der Waals surface area contributed by atoms with E-state index in [9.17, 15) is 4.79 Å². The number of hydrogen-bond acceptors (Lipinski definition) is 3. The zero-order chi connectivity index (χ0) is 19.6. The van der Waals surface area contributed by atoms with Gasteiger partial charge in [-0.15, -0.1) is 22.7 Å². The Balaban J connectivity index is 1.66. The van der Waals surface area contributed by atoms with Crippen molar-refractivity contribution >= 4 is 28.5 Å². The Hall–Kier alpha value is -2.53. The first-order valence-electron chi connectivity index (χ1n) is 9.88. The first-order valence-corrected chi connectivity index (χ1v) is 11.6. The Morgan fingerprint density at radius 3 is 1.41 bits per heavy atom. The standard InChI is InChI=1S/C25H21NOS2/c27-25-21(17-9-3-1-4-10-17)23(19-13-7-15-28-19)26-24(20-14-8-16-29-20)22(25)18-11-5-2-6-12-18/h1-16,21-24,26H/p+1/t21-,22+,23-,24-/m1/s1. The van der Waals surface area contributed by atoms with Gasteiger partial charge in [-0.05, 0) is 34.0 Å². The van der Waals surface area contributed by atoms with E-state index in [0.717, 1.165) is 11.1 Å². The molecule has 144 valence electrons. The Morgan fingerprint density at radius 2 is 1.03 bits per heavy atom. The van der Waals surface area contributed by atoms with Crippen LogP contribution in [0.5, 0.6) is 0 Å². The minimum atomic E-state index is -0.156. The third kappa shape index (κ3) is 3.48. The van der Waals surface area contributed by atoms with Crippen LogP contribution in [-0.4, -0.2) is 5.78 Å². The lowest BCUT2D eigenvalue weighted by Gasteiger charge is -2.38. The number of hydrogen-bond donors (Lipinski definition) is 1. The van der Waals surface area contributed by atoms with Gasteiger partial charge in [-0.2, -0.15) is 0 Å². The molecule has 2 aromatic carbocycles. The van der Waals surface area contributed by atoms with Gasteiger partial charge >= 0.3 is 0 Å². The molecule has 0 bridgehead atoms. The Morgan fingerprint density at radius 1 is 0.586 bits per heavy atom. The molecule has 4 heteroatoms. The highest BCUT2D eigenvalue weighted by Gasteiger charge is 2.49. The van der Waals surface area contributed by atoms with Gasteiger partial charge in [0.2, 0.25) is 0 Å². The molecule has 0 amide bonds. The predicted octanol–water partition coefficient (Wildman–Crippen LogP) is 5.31. The molecule has 0 radical (unpaired) electrons. The topological polar surface area (TPSA) is 33.7 Å². The Kier molecular flexibility index (Phi) is 5.15. The van der Waals surface area contributed by atoms with Crippen LogP contribution in [0.15, 0.2) is 95.7 Å². The fraction of sp³-hybridized carbons (Fsp3) is 0.160. The molecule has 5 rings (SSSR count). The van der Waals surface area contributed by atoms with Gasteiger partial charge in [0, 0.05) is 0 Å². The molecule has 1 aliphatic rings. The third-order valence-corrected chi connectivity index (χ3v) is 7.75. The van der Waals surface area contributed by atoms with Crippen LogP contribution >= 0.6 is 22.7 Å². The van der Waals surface area contributed by atoms with E-state index < -0.39 is 0 Å². The lowest BCUT2D eigenvalue weighted by Crippen LogP contribution is -2.90. The molecule has 2 aromatic heterocycles. The van der Waals surface area contributed by atoms with Gasteiger partial charge in [0.25, 0.3) is 0 Å². The number of carbonyl (C=O) groups excluding carboxylic acids is 1. The third-order valence-electron chi connectivity index (χ3n) is 5.81. The number of piperidine rings is 1. The van der Waals surface area contributed by atoms with Crippen LogP contribution < -0.4 is 5.32 Å². The number of rotatable bonds is 4. The first-order chi connectivity index (χ1) is 14.3. The molecular formula is C25H22NOS2+. The van der Waals surface area contributed by atoms with E-state index in [1.54, 1.807) is 22.7 Å². The molecule has 0 aliphatic carbocycles. The van der Waals surface area contributed by atoms with Crippen molar-refractivity contribution in [2.45, 2.75) is 23.9 Å². The van der Waals surface area contributed by atoms with E-state index in [2.05, 4.69) is 64.6 Å². The minimum Gasteiger partial charge on any atom is -0.331 e. The van der Waals surface area contributed by atoms with Crippen molar-refractivity contribution in [3.05, 3.63) is 117 Å². The monoisotopic (exact) mass is 416 g/mol. The molecule has 4 atom stereocenters. The molecule has 3 heterocycles. The zero-order valence-electron chi connectivity index (χ0n) is 15.8. The smallest absolute Gasteiger partial charge is 0.160 e. The van der Waals surface area contributed by atoms with Gasteiger partial charge in [-0.1, -0.05) is 72.8 Å².